The van der Waals surface area contributed by atoms with Crippen LogP contribution in [-0.2, 0) is 35.5 Å². The van der Waals surface area contributed by atoms with E-state index >= 15 is 0 Å². The summed E-state index contributed by atoms with van der Waals surface area (Å²) in [6.45, 7) is 8.15. The van der Waals surface area contributed by atoms with Crippen molar-refractivity contribution in [1.82, 2.24) is 20.6 Å². The molecule has 0 spiro atoms. The Kier molecular flexibility index (Phi) is 12.4. The Morgan fingerprint density at radius 1 is 1.29 bits per heavy atom. The van der Waals surface area contributed by atoms with Gasteiger partial charge in [-0.15, -0.1) is 4.28 Å². The van der Waals surface area contributed by atoms with Crippen molar-refractivity contribution in [3.05, 3.63) is 40.4 Å². The number of hydrogen-bond acceptors (Lipinski definition) is 13. The second-order valence-corrected chi connectivity index (χ2v) is 14.5. The minimum atomic E-state index is -5.00. The zero-order chi connectivity index (χ0) is 35.2. The third-order valence-electron chi connectivity index (χ3n) is 8.82. The first kappa shape index (κ1) is 37.4. The number of nitrogens with one attached hydrogen (secondary N) is 2. The first-order chi connectivity index (χ1) is 22.6. The molecule has 0 aliphatic carbocycles. The van der Waals surface area contributed by atoms with E-state index in [4.69, 9.17) is 30.6 Å². The summed E-state index contributed by atoms with van der Waals surface area (Å²) in [5, 5.41) is 12.4. The summed E-state index contributed by atoms with van der Waals surface area (Å²) in [4.78, 5) is 37.5. The van der Waals surface area contributed by atoms with Crippen molar-refractivity contribution in [3.63, 3.8) is 0 Å². The van der Waals surface area contributed by atoms with Gasteiger partial charge in [0, 0.05) is 18.0 Å². The summed E-state index contributed by atoms with van der Waals surface area (Å²) < 4.78 is 42.3. The van der Waals surface area contributed by atoms with E-state index in [-0.39, 0.29) is 24.3 Å². The molecule has 2 amide bonds. The molecule has 3 heterocycles. The number of ether oxygens (including phenoxy) is 1. The third-order valence-corrected chi connectivity index (χ3v) is 10.1. The van der Waals surface area contributed by atoms with Crippen molar-refractivity contribution in [2.45, 2.75) is 95.1 Å². The monoisotopic (exact) mass is 710 g/mol. The normalized spacial score (nSPS) is 23.6. The molecular weight excluding hydrogens is 665 g/mol. The highest BCUT2D eigenvalue weighted by molar-refractivity contribution is 8.02. The standard InChI is InChI=1S/C30H46N8O8S2/c1-18(24-10-8-20-15-21(9-11-25(20)44-24)27(31)35-22-7-6-13-33-14-12-22)45-36-26(23-16-47-29(32)37(23)5)28(40)34-19(2)30(3,4)38(17-39)46-48(41,42)43/h9,11,15-19,22,24,29,33H,6-8,10,12-14,32H2,1-5H3,(H2,31,35)(H,34,40)(H,41,42,43)/b36-26-. The molecule has 5 atom stereocenters. The molecule has 1 aromatic rings. The smallest absolute Gasteiger partial charge is 0.418 e. The van der Waals surface area contributed by atoms with Gasteiger partial charge in [0.2, 0.25) is 6.41 Å². The first-order valence-electron chi connectivity index (χ1n) is 15.8. The Bertz CT molecular complexity index is 1530. The fourth-order valence-corrected chi connectivity index (χ4v) is 6.63. The summed E-state index contributed by atoms with van der Waals surface area (Å²) in [7, 11) is -3.30. The van der Waals surface area contributed by atoms with Crippen LogP contribution in [-0.4, -0.2) is 102 Å². The number of thioether (sulfide) groups is 1. The van der Waals surface area contributed by atoms with Crippen LogP contribution in [0.4, 0.5) is 0 Å². The Morgan fingerprint density at radius 3 is 2.71 bits per heavy atom. The summed E-state index contributed by atoms with van der Waals surface area (Å²) in [5.41, 5.74) is 12.8. The number of benzene rings is 1. The number of aliphatic imine (C=N–C) groups is 1. The molecule has 5 unspecified atom stereocenters. The molecule has 0 aromatic heterocycles. The third kappa shape index (κ3) is 9.38. The number of nitrogens with two attached hydrogens (primary N) is 2. The van der Waals surface area contributed by atoms with Crippen LogP contribution in [0, 0.1) is 0 Å². The molecule has 4 rings (SSSR count). The zero-order valence-corrected chi connectivity index (χ0v) is 29.4. The molecule has 7 N–H and O–H groups in total. The van der Waals surface area contributed by atoms with Gasteiger partial charge in [-0.3, -0.25) is 19.1 Å². The van der Waals surface area contributed by atoms with Crippen molar-refractivity contribution in [2.24, 2.45) is 21.6 Å². The molecule has 48 heavy (non-hydrogen) atoms. The largest absolute Gasteiger partial charge is 0.486 e. The van der Waals surface area contributed by atoms with E-state index in [1.165, 1.54) is 32.5 Å². The van der Waals surface area contributed by atoms with E-state index in [0.29, 0.717) is 35.2 Å². The van der Waals surface area contributed by atoms with Crippen molar-refractivity contribution in [3.8, 4) is 5.75 Å². The summed E-state index contributed by atoms with van der Waals surface area (Å²) in [6, 6.07) is 5.11. The van der Waals surface area contributed by atoms with Crippen LogP contribution in [0.15, 0.2) is 39.5 Å². The zero-order valence-electron chi connectivity index (χ0n) is 27.8. The SMILES string of the molecule is CC(O/N=C(\C(=O)NC(C)C(C)(C)N(C=O)OS(=O)(=O)O)C1=CSC(N)N1C)C1CCc2cc(C(N)=NC3CCCNCC3)ccc2O1. The molecule has 18 heteroatoms. The number of rotatable bonds is 13. The van der Waals surface area contributed by atoms with Gasteiger partial charge in [0.25, 0.3) is 5.91 Å². The van der Waals surface area contributed by atoms with Gasteiger partial charge in [0.1, 0.15) is 23.2 Å². The number of hydrogen-bond donors (Lipinski definition) is 5. The second-order valence-electron chi connectivity index (χ2n) is 12.5. The van der Waals surface area contributed by atoms with Crippen LogP contribution in [0.5, 0.6) is 5.75 Å². The molecular formula is C30H46N8O8S2. The highest BCUT2D eigenvalue weighted by Gasteiger charge is 2.39. The van der Waals surface area contributed by atoms with Gasteiger partial charge in [0.15, 0.2) is 11.8 Å². The Hall–Kier alpha value is -3.42. The van der Waals surface area contributed by atoms with Gasteiger partial charge in [0.05, 0.1) is 23.3 Å². The van der Waals surface area contributed by atoms with Gasteiger partial charge < -0.3 is 36.6 Å². The average molecular weight is 711 g/mol. The highest BCUT2D eigenvalue weighted by Crippen LogP contribution is 2.31. The summed E-state index contributed by atoms with van der Waals surface area (Å²) in [6.07, 6.45) is 3.53. The number of hydroxylamine groups is 2. The second kappa shape index (κ2) is 15.9. The van der Waals surface area contributed by atoms with E-state index < -0.39 is 39.5 Å². The van der Waals surface area contributed by atoms with Crippen LogP contribution in [0.3, 0.4) is 0 Å². The lowest BCUT2D eigenvalue weighted by Crippen LogP contribution is -2.58. The molecule has 16 nitrogen and oxygen atoms in total. The predicted molar refractivity (Wildman–Crippen MR) is 182 cm³/mol. The van der Waals surface area contributed by atoms with E-state index in [1.54, 1.807) is 24.3 Å². The molecule has 266 valence electrons. The minimum absolute atomic E-state index is 0.0846. The minimum Gasteiger partial charge on any atom is -0.486 e. The molecule has 1 saturated heterocycles. The maximum absolute atomic E-state index is 13.6. The summed E-state index contributed by atoms with van der Waals surface area (Å²) in [5.74, 6) is 0.549. The lowest BCUT2D eigenvalue weighted by Gasteiger charge is -2.38. The molecule has 0 saturated carbocycles. The highest BCUT2D eigenvalue weighted by atomic mass is 32.3. The van der Waals surface area contributed by atoms with E-state index in [0.717, 1.165) is 43.5 Å². The maximum atomic E-state index is 13.6. The number of carbonyl (C=O) groups excluding carboxylic acids is 2. The number of oxime groups is 1. The quantitative estimate of drug-likeness (QED) is 0.0640. The molecule has 1 aromatic carbocycles. The fourth-order valence-electron chi connectivity index (χ4n) is 5.36. The number of amidine groups is 1. The number of carbonyl (C=O) groups is 2. The Labute approximate surface area is 285 Å². The maximum Gasteiger partial charge on any atom is 0.418 e. The number of amides is 2. The molecule has 1 fully saturated rings. The predicted octanol–water partition coefficient (Wildman–Crippen LogP) is 1.23. The van der Waals surface area contributed by atoms with Crippen molar-refractivity contribution < 1.29 is 36.4 Å². The van der Waals surface area contributed by atoms with Crippen LogP contribution >= 0.6 is 11.8 Å². The lowest BCUT2D eigenvalue weighted by atomic mass is 9.95. The molecule has 0 radical (unpaired) electrons. The van der Waals surface area contributed by atoms with Crippen LogP contribution in [0.25, 0.3) is 0 Å². The number of aryl methyl sites for hydroxylation is 1. The van der Waals surface area contributed by atoms with Crippen molar-refractivity contribution in [1.29, 1.82) is 0 Å². The lowest BCUT2D eigenvalue weighted by molar-refractivity contribution is -0.166. The van der Waals surface area contributed by atoms with E-state index in [1.807, 2.05) is 18.2 Å². The molecule has 3 aliphatic rings. The average Bonchev–Trinajstić information content (AvgIpc) is 3.19. The first-order valence-corrected chi connectivity index (χ1v) is 18.1. The van der Waals surface area contributed by atoms with E-state index in [9.17, 15) is 18.0 Å². The van der Waals surface area contributed by atoms with Gasteiger partial charge in [-0.1, -0.05) is 16.9 Å². The molecule has 0 bridgehead atoms. The number of fused-ring (bicyclic) bond motifs is 1. The Balaban J connectivity index is 1.46. The van der Waals surface area contributed by atoms with Crippen molar-refractivity contribution >= 4 is 46.0 Å². The van der Waals surface area contributed by atoms with Crippen molar-refractivity contribution in [2.75, 3.05) is 20.1 Å². The van der Waals surface area contributed by atoms with Crippen LogP contribution in [0.2, 0.25) is 0 Å². The van der Waals surface area contributed by atoms with Gasteiger partial charge in [-0.25, -0.2) is 0 Å². The van der Waals surface area contributed by atoms with Gasteiger partial charge in [-0.2, -0.15) is 13.5 Å². The summed E-state index contributed by atoms with van der Waals surface area (Å²) >= 11 is 1.28. The fraction of sp³-hybridized carbons (Fsp3) is 0.600. The number of nitrogens with zero attached hydrogens (tertiary/aromatic N) is 4. The van der Waals surface area contributed by atoms with E-state index in [2.05, 4.69) is 20.1 Å². The topological polar surface area (TPSA) is 224 Å². The molecule has 3 aliphatic heterocycles. The van der Waals surface area contributed by atoms with Gasteiger partial charge in [-0.05, 0) is 96.7 Å². The van der Waals surface area contributed by atoms with Crippen LogP contribution < -0.4 is 26.8 Å². The Morgan fingerprint density at radius 2 is 2.04 bits per heavy atom. The van der Waals surface area contributed by atoms with Gasteiger partial charge >= 0.3 is 10.4 Å². The van der Waals surface area contributed by atoms with Crippen LogP contribution in [0.1, 0.15) is 64.5 Å².